The predicted octanol–water partition coefficient (Wildman–Crippen LogP) is 1.68. The van der Waals surface area contributed by atoms with E-state index in [1.807, 2.05) is 13.8 Å². The normalized spacial score (nSPS) is 11.8. The number of fused-ring (bicyclic) bond motifs is 1. The van der Waals surface area contributed by atoms with Crippen LogP contribution in [0.2, 0.25) is 0 Å². The van der Waals surface area contributed by atoms with Gasteiger partial charge in [0.15, 0.2) is 0 Å². The van der Waals surface area contributed by atoms with Gasteiger partial charge in [-0.05, 0) is 16.9 Å². The third-order valence-corrected chi connectivity index (χ3v) is 1.67. The van der Waals surface area contributed by atoms with Crippen LogP contribution < -0.4 is 10.4 Å². The molecule has 0 aromatic heterocycles. The average molecular weight is 146 g/mol. The fourth-order valence-electron chi connectivity index (χ4n) is 1.20. The van der Waals surface area contributed by atoms with Gasteiger partial charge in [0.2, 0.25) is 0 Å². The maximum absolute atomic E-state index is 2.25. The second kappa shape index (κ2) is 3.97. The molecule has 1 aliphatic rings. The summed E-state index contributed by atoms with van der Waals surface area (Å²) in [5, 5.41) is 2.77. The van der Waals surface area contributed by atoms with Crippen LogP contribution in [0.1, 0.15) is 20.3 Å². The van der Waals surface area contributed by atoms with Crippen LogP contribution in [0, 0.1) is 0 Å². The standard InChI is InChI=1S/C9H8.C2H6/c1-2-5-9-7-3-6-8(9)4-1;1-2/h1-2,4-7H,3H2;1-2H3. The highest BCUT2D eigenvalue weighted by atomic mass is 13.9. The van der Waals surface area contributed by atoms with E-state index in [-0.39, 0.29) is 0 Å². The number of hydrogen-bond acceptors (Lipinski definition) is 0. The van der Waals surface area contributed by atoms with Crippen molar-refractivity contribution in [1.82, 2.24) is 0 Å². The second-order valence-electron chi connectivity index (χ2n) is 2.27. The summed E-state index contributed by atoms with van der Waals surface area (Å²) in [6.45, 7) is 4.00. The molecule has 0 heterocycles. The Morgan fingerprint density at radius 3 is 1.82 bits per heavy atom. The van der Waals surface area contributed by atoms with Crippen molar-refractivity contribution in [2.45, 2.75) is 20.3 Å². The van der Waals surface area contributed by atoms with Crippen LogP contribution in [0.15, 0.2) is 24.3 Å². The van der Waals surface area contributed by atoms with Crippen molar-refractivity contribution in [3.05, 3.63) is 34.7 Å². The molecule has 0 spiro atoms. The van der Waals surface area contributed by atoms with E-state index >= 15 is 0 Å². The first-order chi connectivity index (χ1) is 5.47. The van der Waals surface area contributed by atoms with Crippen LogP contribution in [0.25, 0.3) is 12.2 Å². The van der Waals surface area contributed by atoms with Gasteiger partial charge in [-0.3, -0.25) is 0 Å². The lowest BCUT2D eigenvalue weighted by Gasteiger charge is -1.79. The molecule has 1 aliphatic carbocycles. The minimum Gasteiger partial charge on any atom is -0.0729 e. The van der Waals surface area contributed by atoms with E-state index in [2.05, 4.69) is 36.4 Å². The summed E-state index contributed by atoms with van der Waals surface area (Å²) >= 11 is 0. The number of rotatable bonds is 0. The van der Waals surface area contributed by atoms with Crippen LogP contribution in [0.3, 0.4) is 0 Å². The monoisotopic (exact) mass is 146 g/mol. The molecule has 0 saturated heterocycles. The van der Waals surface area contributed by atoms with Crippen molar-refractivity contribution < 1.29 is 0 Å². The smallest absolute Gasteiger partial charge is 0.0151 e. The summed E-state index contributed by atoms with van der Waals surface area (Å²) in [7, 11) is 0. The van der Waals surface area contributed by atoms with Crippen molar-refractivity contribution in [3.63, 3.8) is 0 Å². The van der Waals surface area contributed by atoms with E-state index in [9.17, 15) is 0 Å². The zero-order valence-electron chi connectivity index (χ0n) is 7.17. The van der Waals surface area contributed by atoms with Gasteiger partial charge in [-0.15, -0.1) is 0 Å². The van der Waals surface area contributed by atoms with Crippen molar-refractivity contribution in [3.8, 4) is 0 Å². The zero-order chi connectivity index (χ0) is 8.10. The first-order valence-corrected chi connectivity index (χ1v) is 4.22. The maximum atomic E-state index is 2.25. The SMILES string of the molecule is C1=c2ccccc2=CC1.CC. The molecule has 0 N–H and O–H groups in total. The van der Waals surface area contributed by atoms with E-state index in [0.717, 1.165) is 6.42 Å². The second-order valence-corrected chi connectivity index (χ2v) is 2.27. The summed E-state index contributed by atoms with van der Waals surface area (Å²) < 4.78 is 0. The Bertz CT molecular complexity index is 287. The van der Waals surface area contributed by atoms with Crippen molar-refractivity contribution in [1.29, 1.82) is 0 Å². The molecule has 0 unspecified atom stereocenters. The van der Waals surface area contributed by atoms with E-state index in [0.29, 0.717) is 0 Å². The molecule has 0 saturated carbocycles. The fraction of sp³-hybridized carbons (Fsp3) is 0.273. The zero-order valence-corrected chi connectivity index (χ0v) is 7.17. The molecule has 1 aromatic rings. The molecular formula is C11H14. The van der Waals surface area contributed by atoms with E-state index in [1.54, 1.807) is 0 Å². The Morgan fingerprint density at radius 2 is 1.36 bits per heavy atom. The van der Waals surface area contributed by atoms with Gasteiger partial charge in [0.05, 0.1) is 0 Å². The highest BCUT2D eigenvalue weighted by molar-refractivity contribution is 5.45. The molecule has 11 heavy (non-hydrogen) atoms. The molecule has 0 radical (unpaired) electrons. The van der Waals surface area contributed by atoms with Crippen LogP contribution in [0.4, 0.5) is 0 Å². The van der Waals surface area contributed by atoms with E-state index < -0.39 is 0 Å². The van der Waals surface area contributed by atoms with Gasteiger partial charge >= 0.3 is 0 Å². The third-order valence-electron chi connectivity index (χ3n) is 1.67. The summed E-state index contributed by atoms with van der Waals surface area (Å²) in [5.74, 6) is 0. The highest BCUT2D eigenvalue weighted by Gasteiger charge is 1.87. The summed E-state index contributed by atoms with van der Waals surface area (Å²) in [6.07, 6.45) is 5.60. The Kier molecular flexibility index (Phi) is 2.91. The summed E-state index contributed by atoms with van der Waals surface area (Å²) in [4.78, 5) is 0. The minimum absolute atomic E-state index is 1.11. The summed E-state index contributed by atoms with van der Waals surface area (Å²) in [5.41, 5.74) is 0. The van der Waals surface area contributed by atoms with E-state index in [4.69, 9.17) is 0 Å². The number of benzene rings is 1. The summed E-state index contributed by atoms with van der Waals surface area (Å²) in [6, 6.07) is 8.46. The van der Waals surface area contributed by atoms with Crippen molar-refractivity contribution >= 4 is 12.2 Å². The van der Waals surface area contributed by atoms with Crippen LogP contribution in [0.5, 0.6) is 0 Å². The lowest BCUT2D eigenvalue weighted by molar-refractivity contribution is 1.50. The minimum atomic E-state index is 1.11. The van der Waals surface area contributed by atoms with Gasteiger partial charge in [-0.25, -0.2) is 0 Å². The fourth-order valence-corrected chi connectivity index (χ4v) is 1.20. The van der Waals surface area contributed by atoms with Gasteiger partial charge in [-0.1, -0.05) is 50.3 Å². The van der Waals surface area contributed by atoms with Gasteiger partial charge in [0, 0.05) is 0 Å². The van der Waals surface area contributed by atoms with Crippen LogP contribution in [-0.4, -0.2) is 0 Å². The lowest BCUT2D eigenvalue weighted by atomic mass is 10.3. The molecule has 0 bridgehead atoms. The topological polar surface area (TPSA) is 0 Å². The van der Waals surface area contributed by atoms with Crippen molar-refractivity contribution in [2.24, 2.45) is 0 Å². The van der Waals surface area contributed by atoms with Crippen LogP contribution in [-0.2, 0) is 0 Å². The Hall–Kier alpha value is -1.04. The third kappa shape index (κ3) is 1.70. The van der Waals surface area contributed by atoms with Gasteiger partial charge in [0.1, 0.15) is 0 Å². The first-order valence-electron chi connectivity index (χ1n) is 4.22. The highest BCUT2D eigenvalue weighted by Crippen LogP contribution is 1.87. The van der Waals surface area contributed by atoms with Gasteiger partial charge in [0.25, 0.3) is 0 Å². The van der Waals surface area contributed by atoms with Gasteiger partial charge in [-0.2, -0.15) is 0 Å². The molecule has 58 valence electrons. The van der Waals surface area contributed by atoms with Crippen molar-refractivity contribution in [2.75, 3.05) is 0 Å². The average Bonchev–Trinajstić information content (AvgIpc) is 2.55. The molecule has 1 aromatic carbocycles. The van der Waals surface area contributed by atoms with E-state index in [1.165, 1.54) is 10.4 Å². The lowest BCUT2D eigenvalue weighted by Crippen LogP contribution is -2.19. The maximum Gasteiger partial charge on any atom is -0.0151 e. The molecular weight excluding hydrogens is 132 g/mol. The first kappa shape index (κ1) is 8.06. The van der Waals surface area contributed by atoms with Crippen LogP contribution >= 0.6 is 0 Å². The molecule has 0 amide bonds. The molecule has 0 aliphatic heterocycles. The Balaban J connectivity index is 0.000000281. The number of hydrogen-bond donors (Lipinski definition) is 0. The Labute approximate surface area is 67.9 Å². The molecule has 2 rings (SSSR count). The molecule has 0 heteroatoms. The van der Waals surface area contributed by atoms with Gasteiger partial charge < -0.3 is 0 Å². The Morgan fingerprint density at radius 1 is 0.909 bits per heavy atom. The molecule has 0 nitrogen and oxygen atoms in total. The molecule has 0 atom stereocenters. The quantitative estimate of drug-likeness (QED) is 0.522. The predicted molar refractivity (Wildman–Crippen MR) is 50.6 cm³/mol. The molecule has 0 fully saturated rings. The largest absolute Gasteiger partial charge is 0.0729 e.